The number of benzene rings is 2. The molecule has 3 rings (SSSR count). The Labute approximate surface area is 170 Å². The van der Waals surface area contributed by atoms with Crippen LogP contribution in [0.15, 0.2) is 68.9 Å². The number of fused-ring (bicyclic) bond motifs is 1. The van der Waals surface area contributed by atoms with E-state index >= 15 is 0 Å². The Bertz CT molecular complexity index is 1060. The van der Waals surface area contributed by atoms with Crippen molar-refractivity contribution in [3.05, 3.63) is 76.1 Å². The first-order valence-electron chi connectivity index (χ1n) is 9.59. The molecule has 0 bridgehead atoms. The second-order valence-corrected chi connectivity index (χ2v) is 7.38. The zero-order chi connectivity index (χ0) is 21.0. The Morgan fingerprint density at radius 1 is 1.14 bits per heavy atom. The van der Waals surface area contributed by atoms with Gasteiger partial charge >= 0.3 is 5.63 Å². The van der Waals surface area contributed by atoms with Gasteiger partial charge in [-0.1, -0.05) is 42.5 Å². The Morgan fingerprint density at radius 3 is 2.45 bits per heavy atom. The molecule has 152 valence electrons. The minimum atomic E-state index is -0.531. The SMILES string of the molecule is CN/N=C(\C)[C@@H](CN(C)C)[C@@H](c1ccccc1)c1c(O)c2ccccc2oc1=O. The van der Waals surface area contributed by atoms with Crippen LogP contribution < -0.4 is 11.1 Å². The summed E-state index contributed by atoms with van der Waals surface area (Å²) in [7, 11) is 5.70. The highest BCUT2D eigenvalue weighted by Crippen LogP contribution is 2.39. The van der Waals surface area contributed by atoms with Crippen molar-refractivity contribution in [2.24, 2.45) is 11.0 Å². The van der Waals surface area contributed by atoms with Gasteiger partial charge in [-0.3, -0.25) is 0 Å². The molecule has 0 fully saturated rings. The van der Waals surface area contributed by atoms with Crippen LogP contribution in [0.1, 0.15) is 24.0 Å². The van der Waals surface area contributed by atoms with Crippen LogP contribution in [0.5, 0.6) is 5.75 Å². The first-order chi connectivity index (χ1) is 13.9. The first kappa shape index (κ1) is 20.6. The third kappa shape index (κ3) is 4.32. The second-order valence-electron chi connectivity index (χ2n) is 7.38. The molecule has 1 heterocycles. The van der Waals surface area contributed by atoms with Crippen molar-refractivity contribution in [1.29, 1.82) is 0 Å². The van der Waals surface area contributed by atoms with Crippen molar-refractivity contribution in [3.8, 4) is 5.75 Å². The lowest BCUT2D eigenvalue weighted by molar-refractivity contribution is 0.345. The number of hydrogen-bond donors (Lipinski definition) is 2. The van der Waals surface area contributed by atoms with Gasteiger partial charge in [0.1, 0.15) is 11.3 Å². The van der Waals surface area contributed by atoms with Crippen LogP contribution in [-0.2, 0) is 0 Å². The fourth-order valence-electron chi connectivity index (χ4n) is 3.81. The summed E-state index contributed by atoms with van der Waals surface area (Å²) < 4.78 is 5.59. The van der Waals surface area contributed by atoms with Gasteiger partial charge in [-0.2, -0.15) is 5.10 Å². The van der Waals surface area contributed by atoms with Crippen LogP contribution in [0.3, 0.4) is 0 Å². The molecule has 0 aliphatic carbocycles. The summed E-state index contributed by atoms with van der Waals surface area (Å²) in [5, 5.41) is 16.0. The highest BCUT2D eigenvalue weighted by atomic mass is 16.4. The van der Waals surface area contributed by atoms with Gasteiger partial charge in [0, 0.05) is 31.1 Å². The van der Waals surface area contributed by atoms with Crippen molar-refractivity contribution >= 4 is 16.7 Å². The fourth-order valence-corrected chi connectivity index (χ4v) is 3.81. The van der Waals surface area contributed by atoms with Crippen molar-refractivity contribution < 1.29 is 9.52 Å². The van der Waals surface area contributed by atoms with E-state index in [1.165, 1.54) is 0 Å². The first-order valence-corrected chi connectivity index (χ1v) is 9.59. The molecular formula is C23H27N3O3. The number of hydrazone groups is 1. The van der Waals surface area contributed by atoms with Crippen LogP contribution in [0.4, 0.5) is 0 Å². The van der Waals surface area contributed by atoms with Gasteiger partial charge in [0.05, 0.1) is 10.9 Å². The third-order valence-corrected chi connectivity index (χ3v) is 5.08. The zero-order valence-electron chi connectivity index (χ0n) is 17.2. The van der Waals surface area contributed by atoms with Crippen LogP contribution in [0.2, 0.25) is 0 Å². The second kappa shape index (κ2) is 8.92. The molecule has 0 unspecified atom stereocenters. The number of aromatic hydroxyl groups is 1. The number of rotatable bonds is 7. The van der Waals surface area contributed by atoms with E-state index in [0.29, 0.717) is 17.5 Å². The third-order valence-electron chi connectivity index (χ3n) is 5.08. The fraction of sp³-hybridized carbons (Fsp3) is 0.304. The minimum Gasteiger partial charge on any atom is -0.507 e. The molecule has 0 aliphatic rings. The van der Waals surface area contributed by atoms with Gasteiger partial charge in [-0.25, -0.2) is 4.79 Å². The van der Waals surface area contributed by atoms with Crippen molar-refractivity contribution in [3.63, 3.8) is 0 Å². The largest absolute Gasteiger partial charge is 0.507 e. The number of para-hydroxylation sites is 1. The van der Waals surface area contributed by atoms with Gasteiger partial charge in [0.25, 0.3) is 0 Å². The summed E-state index contributed by atoms with van der Waals surface area (Å²) in [5.74, 6) is -0.613. The molecule has 0 amide bonds. The summed E-state index contributed by atoms with van der Waals surface area (Å²) in [6.07, 6.45) is 0. The monoisotopic (exact) mass is 393 g/mol. The molecule has 2 aromatic carbocycles. The summed E-state index contributed by atoms with van der Waals surface area (Å²) in [5.41, 5.74) is 4.69. The van der Waals surface area contributed by atoms with Crippen molar-refractivity contribution in [1.82, 2.24) is 10.3 Å². The highest BCUT2D eigenvalue weighted by molar-refractivity contribution is 5.88. The maximum atomic E-state index is 13.0. The molecule has 0 radical (unpaired) electrons. The maximum Gasteiger partial charge on any atom is 0.343 e. The lowest BCUT2D eigenvalue weighted by Crippen LogP contribution is -2.34. The molecule has 0 saturated heterocycles. The molecule has 2 atom stereocenters. The van der Waals surface area contributed by atoms with Crippen LogP contribution in [0.25, 0.3) is 11.0 Å². The molecule has 6 heteroatoms. The topological polar surface area (TPSA) is 78.1 Å². The highest BCUT2D eigenvalue weighted by Gasteiger charge is 2.33. The lowest BCUT2D eigenvalue weighted by Gasteiger charge is -2.30. The molecule has 1 aromatic heterocycles. The average Bonchev–Trinajstić information content (AvgIpc) is 2.70. The quantitative estimate of drug-likeness (QED) is 0.365. The number of nitrogens with one attached hydrogen (secondary N) is 1. The van der Waals surface area contributed by atoms with E-state index in [9.17, 15) is 9.90 Å². The van der Waals surface area contributed by atoms with E-state index in [2.05, 4.69) is 15.4 Å². The van der Waals surface area contributed by atoms with E-state index < -0.39 is 11.5 Å². The van der Waals surface area contributed by atoms with Gasteiger partial charge in [0.2, 0.25) is 0 Å². The standard InChI is InChI=1S/C23H27N3O3/c1-15(25-24-2)18(14-26(3)4)20(16-10-6-5-7-11-16)21-22(27)17-12-8-9-13-19(17)29-23(21)28/h5-13,18,20,24,27H,14H2,1-4H3/b25-15+/t18-,20-/m1/s1. The summed E-state index contributed by atoms with van der Waals surface area (Å²) in [4.78, 5) is 15.1. The minimum absolute atomic E-state index is 0.0354. The molecule has 0 saturated carbocycles. The normalized spacial score (nSPS) is 14.2. The van der Waals surface area contributed by atoms with E-state index in [-0.39, 0.29) is 17.2 Å². The van der Waals surface area contributed by atoms with Crippen LogP contribution in [0, 0.1) is 5.92 Å². The van der Waals surface area contributed by atoms with Gasteiger partial charge in [0.15, 0.2) is 0 Å². The Balaban J connectivity index is 2.31. The molecule has 6 nitrogen and oxygen atoms in total. The Hall–Kier alpha value is -3.12. The molecular weight excluding hydrogens is 366 g/mol. The molecule has 3 aromatic rings. The smallest absolute Gasteiger partial charge is 0.343 e. The maximum absolute atomic E-state index is 13.0. The van der Waals surface area contributed by atoms with E-state index in [4.69, 9.17) is 4.42 Å². The van der Waals surface area contributed by atoms with Crippen LogP contribution >= 0.6 is 0 Å². The van der Waals surface area contributed by atoms with Crippen molar-refractivity contribution in [2.75, 3.05) is 27.7 Å². The summed E-state index contributed by atoms with van der Waals surface area (Å²) >= 11 is 0. The van der Waals surface area contributed by atoms with Crippen molar-refractivity contribution in [2.45, 2.75) is 12.8 Å². The molecule has 29 heavy (non-hydrogen) atoms. The number of hydrogen-bond acceptors (Lipinski definition) is 6. The molecule has 2 N–H and O–H groups in total. The van der Waals surface area contributed by atoms with Gasteiger partial charge in [-0.15, -0.1) is 0 Å². The van der Waals surface area contributed by atoms with Crippen LogP contribution in [-0.4, -0.2) is 43.4 Å². The predicted octanol–water partition coefficient (Wildman–Crippen LogP) is 3.40. The predicted molar refractivity (Wildman–Crippen MR) is 117 cm³/mol. The Morgan fingerprint density at radius 2 is 1.79 bits per heavy atom. The zero-order valence-corrected chi connectivity index (χ0v) is 17.2. The van der Waals surface area contributed by atoms with E-state index in [1.54, 1.807) is 25.2 Å². The average molecular weight is 393 g/mol. The van der Waals surface area contributed by atoms with Gasteiger partial charge < -0.3 is 19.8 Å². The van der Waals surface area contributed by atoms with E-state index in [1.807, 2.05) is 57.4 Å². The lowest BCUT2D eigenvalue weighted by atomic mass is 9.78. The Kier molecular flexibility index (Phi) is 6.34. The van der Waals surface area contributed by atoms with E-state index in [0.717, 1.165) is 11.3 Å². The molecule has 0 aliphatic heterocycles. The molecule has 0 spiro atoms. The summed E-state index contributed by atoms with van der Waals surface area (Å²) in [6, 6.07) is 16.8. The number of nitrogens with zero attached hydrogens (tertiary/aromatic N) is 2. The van der Waals surface area contributed by atoms with Gasteiger partial charge in [-0.05, 0) is 38.7 Å². The summed E-state index contributed by atoms with van der Waals surface area (Å²) in [6.45, 7) is 2.57.